The fourth-order valence-electron chi connectivity index (χ4n) is 1.82. The summed E-state index contributed by atoms with van der Waals surface area (Å²) in [5.41, 5.74) is 2.32. The Kier molecular flexibility index (Phi) is 5.03. The molecule has 0 aliphatic rings. The summed E-state index contributed by atoms with van der Waals surface area (Å²) in [5, 5.41) is 0. The van der Waals surface area contributed by atoms with Crippen molar-refractivity contribution in [1.29, 1.82) is 0 Å². The lowest BCUT2D eigenvalue weighted by atomic mass is 9.99. The summed E-state index contributed by atoms with van der Waals surface area (Å²) >= 11 is 0. The molecule has 0 amide bonds. The Hall–Kier alpha value is -1.31. The van der Waals surface area contributed by atoms with E-state index in [9.17, 15) is 4.79 Å². The van der Waals surface area contributed by atoms with Gasteiger partial charge in [-0.1, -0.05) is 37.6 Å². The van der Waals surface area contributed by atoms with Crippen molar-refractivity contribution in [3.8, 4) is 0 Å². The van der Waals surface area contributed by atoms with Gasteiger partial charge >= 0.3 is 5.97 Å². The zero-order valence-electron chi connectivity index (χ0n) is 10.3. The summed E-state index contributed by atoms with van der Waals surface area (Å²) in [4.78, 5) is 11.1. The van der Waals surface area contributed by atoms with Gasteiger partial charge in [-0.05, 0) is 30.9 Å². The quantitative estimate of drug-likeness (QED) is 0.706. The second kappa shape index (κ2) is 6.31. The highest BCUT2D eigenvalue weighted by Crippen LogP contribution is 2.26. The smallest absolute Gasteiger partial charge is 0.303 e. The molecule has 0 aliphatic carbocycles. The lowest BCUT2D eigenvalue weighted by Gasteiger charge is -2.19. The summed E-state index contributed by atoms with van der Waals surface area (Å²) in [6, 6.07) is 8.09. The molecule has 0 saturated heterocycles. The number of hydrogen-bond donors (Lipinski definition) is 0. The number of hydrogen-bond acceptors (Lipinski definition) is 2. The summed E-state index contributed by atoms with van der Waals surface area (Å²) in [7, 11) is 0. The maximum Gasteiger partial charge on any atom is 0.303 e. The van der Waals surface area contributed by atoms with Crippen molar-refractivity contribution in [3.63, 3.8) is 0 Å². The van der Waals surface area contributed by atoms with Crippen LogP contribution in [-0.4, -0.2) is 5.97 Å². The molecule has 0 radical (unpaired) electrons. The van der Waals surface area contributed by atoms with E-state index in [1.165, 1.54) is 12.5 Å². The molecule has 0 saturated carbocycles. The number of carbonyl (C=O) groups excluding carboxylic acids is 1. The Morgan fingerprint density at radius 3 is 2.62 bits per heavy atom. The van der Waals surface area contributed by atoms with Crippen molar-refractivity contribution in [2.75, 3.05) is 0 Å². The zero-order valence-corrected chi connectivity index (χ0v) is 10.3. The van der Waals surface area contributed by atoms with Crippen LogP contribution in [0, 0.1) is 6.92 Å². The Bertz CT molecular complexity index is 344. The SMILES string of the molecule is CCCCC(OC(C)=O)c1ccccc1C. The van der Waals surface area contributed by atoms with Crippen LogP contribution >= 0.6 is 0 Å². The molecule has 1 rings (SSSR count). The third-order valence-electron chi connectivity index (χ3n) is 2.66. The highest BCUT2D eigenvalue weighted by Gasteiger charge is 2.15. The zero-order chi connectivity index (χ0) is 12.0. The Labute approximate surface area is 97.6 Å². The van der Waals surface area contributed by atoms with Gasteiger partial charge in [-0.2, -0.15) is 0 Å². The molecule has 0 fully saturated rings. The second-order valence-electron chi connectivity index (χ2n) is 4.10. The van der Waals surface area contributed by atoms with Gasteiger partial charge in [0.25, 0.3) is 0 Å². The van der Waals surface area contributed by atoms with Crippen LogP contribution in [0.2, 0.25) is 0 Å². The Morgan fingerprint density at radius 2 is 2.06 bits per heavy atom. The van der Waals surface area contributed by atoms with Gasteiger partial charge in [-0.25, -0.2) is 0 Å². The van der Waals surface area contributed by atoms with E-state index >= 15 is 0 Å². The van der Waals surface area contributed by atoms with Crippen molar-refractivity contribution in [1.82, 2.24) is 0 Å². The first kappa shape index (κ1) is 12.8. The lowest BCUT2D eigenvalue weighted by Crippen LogP contribution is -2.09. The molecular formula is C14H20O2. The van der Waals surface area contributed by atoms with Crippen LogP contribution in [0.15, 0.2) is 24.3 Å². The monoisotopic (exact) mass is 220 g/mol. The average molecular weight is 220 g/mol. The van der Waals surface area contributed by atoms with Crippen LogP contribution in [0.5, 0.6) is 0 Å². The molecule has 1 aromatic rings. The molecule has 1 aromatic carbocycles. The van der Waals surface area contributed by atoms with Crippen molar-refractivity contribution in [2.45, 2.75) is 46.1 Å². The van der Waals surface area contributed by atoms with Crippen LogP contribution < -0.4 is 0 Å². The molecule has 1 atom stereocenters. The second-order valence-corrected chi connectivity index (χ2v) is 4.10. The standard InChI is InChI=1S/C14H20O2/c1-4-5-10-14(16-12(3)15)13-9-7-6-8-11(13)2/h6-9,14H,4-5,10H2,1-3H3. The minimum atomic E-state index is -0.204. The van der Waals surface area contributed by atoms with Crippen LogP contribution in [0.3, 0.4) is 0 Å². The summed E-state index contributed by atoms with van der Waals surface area (Å²) in [6.45, 7) is 5.66. The van der Waals surface area contributed by atoms with Crippen LogP contribution in [0.1, 0.15) is 50.3 Å². The van der Waals surface area contributed by atoms with Crippen LogP contribution in [-0.2, 0) is 9.53 Å². The first-order chi connectivity index (χ1) is 7.65. The third-order valence-corrected chi connectivity index (χ3v) is 2.66. The molecule has 2 heteroatoms. The van der Waals surface area contributed by atoms with E-state index in [-0.39, 0.29) is 12.1 Å². The van der Waals surface area contributed by atoms with Crippen molar-refractivity contribution >= 4 is 5.97 Å². The molecular weight excluding hydrogens is 200 g/mol. The van der Waals surface area contributed by atoms with Crippen molar-refractivity contribution < 1.29 is 9.53 Å². The summed E-state index contributed by atoms with van der Waals surface area (Å²) < 4.78 is 5.38. The Morgan fingerprint density at radius 1 is 1.38 bits per heavy atom. The normalized spacial score (nSPS) is 12.2. The van der Waals surface area contributed by atoms with Gasteiger partial charge in [0.2, 0.25) is 0 Å². The maximum absolute atomic E-state index is 11.1. The maximum atomic E-state index is 11.1. The summed E-state index contributed by atoms with van der Waals surface area (Å²) in [6.07, 6.45) is 3.01. The molecule has 0 bridgehead atoms. The van der Waals surface area contributed by atoms with Crippen LogP contribution in [0.4, 0.5) is 0 Å². The first-order valence-corrected chi connectivity index (χ1v) is 5.88. The molecule has 1 unspecified atom stereocenters. The number of benzene rings is 1. The molecule has 0 aliphatic heterocycles. The summed E-state index contributed by atoms with van der Waals surface area (Å²) in [5.74, 6) is -0.204. The lowest BCUT2D eigenvalue weighted by molar-refractivity contribution is -0.147. The molecule has 0 N–H and O–H groups in total. The topological polar surface area (TPSA) is 26.3 Å². The van der Waals surface area contributed by atoms with Gasteiger partial charge in [0.1, 0.15) is 6.10 Å². The van der Waals surface area contributed by atoms with E-state index in [4.69, 9.17) is 4.74 Å². The van der Waals surface area contributed by atoms with Gasteiger partial charge in [0, 0.05) is 6.92 Å². The molecule has 16 heavy (non-hydrogen) atoms. The molecule has 0 heterocycles. The molecule has 0 spiro atoms. The highest BCUT2D eigenvalue weighted by molar-refractivity contribution is 5.66. The number of carbonyl (C=O) groups is 1. The van der Waals surface area contributed by atoms with Gasteiger partial charge < -0.3 is 4.74 Å². The largest absolute Gasteiger partial charge is 0.458 e. The predicted octanol–water partition coefficient (Wildman–Crippen LogP) is 3.79. The minimum absolute atomic E-state index is 0.0846. The third kappa shape index (κ3) is 3.69. The van der Waals surface area contributed by atoms with Crippen LogP contribution in [0.25, 0.3) is 0 Å². The van der Waals surface area contributed by atoms with E-state index in [1.807, 2.05) is 18.2 Å². The molecule has 0 aromatic heterocycles. The van der Waals surface area contributed by atoms with Gasteiger partial charge in [-0.15, -0.1) is 0 Å². The average Bonchev–Trinajstić information content (AvgIpc) is 2.24. The highest BCUT2D eigenvalue weighted by atomic mass is 16.5. The number of rotatable bonds is 5. The molecule has 88 valence electrons. The van der Waals surface area contributed by atoms with Crippen molar-refractivity contribution in [3.05, 3.63) is 35.4 Å². The Balaban J connectivity index is 2.82. The van der Waals surface area contributed by atoms with E-state index in [1.54, 1.807) is 0 Å². The number of aryl methyl sites for hydroxylation is 1. The van der Waals surface area contributed by atoms with Gasteiger partial charge in [-0.3, -0.25) is 4.79 Å². The minimum Gasteiger partial charge on any atom is -0.458 e. The first-order valence-electron chi connectivity index (χ1n) is 5.88. The van der Waals surface area contributed by atoms with E-state index in [0.717, 1.165) is 24.8 Å². The van der Waals surface area contributed by atoms with E-state index < -0.39 is 0 Å². The van der Waals surface area contributed by atoms with Gasteiger partial charge in [0.15, 0.2) is 0 Å². The van der Waals surface area contributed by atoms with E-state index in [2.05, 4.69) is 19.9 Å². The van der Waals surface area contributed by atoms with E-state index in [0.29, 0.717) is 0 Å². The number of ether oxygens (including phenoxy) is 1. The van der Waals surface area contributed by atoms with Gasteiger partial charge in [0.05, 0.1) is 0 Å². The fraction of sp³-hybridized carbons (Fsp3) is 0.500. The van der Waals surface area contributed by atoms with Crippen molar-refractivity contribution in [2.24, 2.45) is 0 Å². The fourth-order valence-corrected chi connectivity index (χ4v) is 1.82. The molecule has 2 nitrogen and oxygen atoms in total. The number of esters is 1. The predicted molar refractivity (Wildman–Crippen MR) is 65.2 cm³/mol. The number of unbranched alkanes of at least 4 members (excludes halogenated alkanes) is 1.